The first-order chi connectivity index (χ1) is 8.69. The Morgan fingerprint density at radius 3 is 2.16 bits per heavy atom. The molecule has 110 valence electrons. The number of rotatable bonds is 3. The Bertz CT molecular complexity index is 341. The number of carboxylic acids is 1. The number of carbonyl (C=O) groups excluding carboxylic acids is 1. The average molecular weight is 283 g/mol. The molecule has 1 aliphatic rings. The summed E-state index contributed by atoms with van der Waals surface area (Å²) in [6, 6.07) is -0.478. The van der Waals surface area contributed by atoms with Crippen molar-refractivity contribution in [2.45, 2.75) is 6.18 Å². The van der Waals surface area contributed by atoms with Crippen molar-refractivity contribution in [1.29, 1.82) is 0 Å². The Morgan fingerprint density at radius 2 is 1.74 bits per heavy atom. The van der Waals surface area contributed by atoms with Crippen molar-refractivity contribution in [3.8, 4) is 0 Å². The van der Waals surface area contributed by atoms with Crippen LogP contribution in [-0.2, 0) is 4.79 Å². The van der Waals surface area contributed by atoms with Crippen LogP contribution >= 0.6 is 0 Å². The Morgan fingerprint density at radius 1 is 1.21 bits per heavy atom. The number of piperazine rings is 1. The lowest BCUT2D eigenvalue weighted by molar-refractivity contribution is -0.148. The Balaban J connectivity index is 2.41. The molecule has 9 heteroatoms. The normalized spacial score (nSPS) is 17.4. The van der Waals surface area contributed by atoms with Crippen molar-refractivity contribution in [2.24, 2.45) is 0 Å². The molecule has 19 heavy (non-hydrogen) atoms. The first-order valence-electron chi connectivity index (χ1n) is 5.70. The summed E-state index contributed by atoms with van der Waals surface area (Å²) in [4.78, 5) is 25.8. The Labute approximate surface area is 108 Å². The first-order valence-corrected chi connectivity index (χ1v) is 5.70. The molecule has 6 nitrogen and oxygen atoms in total. The third-order valence-electron chi connectivity index (χ3n) is 2.74. The molecule has 0 aromatic rings. The van der Waals surface area contributed by atoms with Crippen LogP contribution in [0.4, 0.5) is 18.0 Å². The fourth-order valence-corrected chi connectivity index (χ4v) is 1.86. The molecule has 0 aromatic heterocycles. The molecule has 0 atom stereocenters. The summed E-state index contributed by atoms with van der Waals surface area (Å²) in [6.45, 7) is -0.822. The van der Waals surface area contributed by atoms with E-state index in [0.29, 0.717) is 0 Å². The van der Waals surface area contributed by atoms with Crippen molar-refractivity contribution in [1.82, 2.24) is 14.7 Å². The van der Waals surface area contributed by atoms with Crippen LogP contribution in [0.3, 0.4) is 0 Å². The van der Waals surface area contributed by atoms with Crippen molar-refractivity contribution >= 4 is 12.0 Å². The summed E-state index contributed by atoms with van der Waals surface area (Å²) in [6.07, 6.45) is -4.24. The molecule has 0 aromatic carbocycles. The molecule has 1 heterocycles. The van der Waals surface area contributed by atoms with Crippen molar-refractivity contribution in [2.75, 3.05) is 46.3 Å². The fraction of sp³-hybridized carbons (Fsp3) is 0.800. The molecular weight excluding hydrogens is 267 g/mol. The molecule has 0 aliphatic carbocycles. The zero-order chi connectivity index (χ0) is 14.6. The molecule has 1 fully saturated rings. The number of nitrogens with zero attached hydrogens (tertiary/aromatic N) is 3. The monoisotopic (exact) mass is 283 g/mol. The highest BCUT2D eigenvalue weighted by Gasteiger charge is 2.33. The van der Waals surface area contributed by atoms with E-state index in [1.807, 2.05) is 0 Å². The number of halogens is 3. The van der Waals surface area contributed by atoms with Gasteiger partial charge in [-0.15, -0.1) is 0 Å². The van der Waals surface area contributed by atoms with Gasteiger partial charge in [0.25, 0.3) is 0 Å². The number of alkyl halides is 3. The Kier molecular flexibility index (Phi) is 4.98. The standard InChI is InChI=1S/C10H16F3N3O3/c1-14(6-8(17)18)9(19)16-4-2-15(3-5-16)7-10(11,12)13/h2-7H2,1H3,(H,17,18). The van der Waals surface area contributed by atoms with E-state index in [2.05, 4.69) is 0 Å². The lowest BCUT2D eigenvalue weighted by Gasteiger charge is -2.36. The van der Waals surface area contributed by atoms with Crippen molar-refractivity contribution in [3.63, 3.8) is 0 Å². The van der Waals surface area contributed by atoms with Crippen LogP contribution in [0.5, 0.6) is 0 Å². The maximum Gasteiger partial charge on any atom is 0.401 e. The van der Waals surface area contributed by atoms with Gasteiger partial charge in [0.15, 0.2) is 0 Å². The number of carbonyl (C=O) groups is 2. The third-order valence-corrected chi connectivity index (χ3v) is 2.74. The highest BCUT2D eigenvalue weighted by atomic mass is 19.4. The van der Waals surface area contributed by atoms with Gasteiger partial charge in [-0.1, -0.05) is 0 Å². The third kappa shape index (κ3) is 5.33. The van der Waals surface area contributed by atoms with E-state index in [-0.39, 0.29) is 26.2 Å². The van der Waals surface area contributed by atoms with E-state index in [0.717, 1.165) is 4.90 Å². The molecule has 2 amide bonds. The number of carboxylic acid groups (broad SMARTS) is 1. The topological polar surface area (TPSA) is 64.1 Å². The zero-order valence-electron chi connectivity index (χ0n) is 10.5. The fourth-order valence-electron chi connectivity index (χ4n) is 1.86. The number of hydrogen-bond acceptors (Lipinski definition) is 3. The van der Waals surface area contributed by atoms with Crippen LogP contribution in [0, 0.1) is 0 Å². The summed E-state index contributed by atoms with van der Waals surface area (Å²) < 4.78 is 36.5. The smallest absolute Gasteiger partial charge is 0.401 e. The number of aliphatic carboxylic acids is 1. The van der Waals surface area contributed by atoms with E-state index in [1.54, 1.807) is 0 Å². The van der Waals surface area contributed by atoms with Crippen LogP contribution in [0.2, 0.25) is 0 Å². The lowest BCUT2D eigenvalue weighted by atomic mass is 10.3. The van der Waals surface area contributed by atoms with Gasteiger partial charge in [0.2, 0.25) is 0 Å². The molecule has 1 saturated heterocycles. The quantitative estimate of drug-likeness (QED) is 0.809. The minimum Gasteiger partial charge on any atom is -0.480 e. The lowest BCUT2D eigenvalue weighted by Crippen LogP contribution is -2.54. The molecule has 0 saturated carbocycles. The highest BCUT2D eigenvalue weighted by Crippen LogP contribution is 2.17. The van der Waals surface area contributed by atoms with Crippen LogP contribution < -0.4 is 0 Å². The molecule has 1 aliphatic heterocycles. The highest BCUT2D eigenvalue weighted by molar-refractivity contribution is 5.80. The van der Waals surface area contributed by atoms with Gasteiger partial charge in [0.1, 0.15) is 6.54 Å². The molecular formula is C10H16F3N3O3. The van der Waals surface area contributed by atoms with Crippen molar-refractivity contribution in [3.05, 3.63) is 0 Å². The first kappa shape index (κ1) is 15.5. The average Bonchev–Trinajstić information content (AvgIpc) is 2.26. The molecule has 0 bridgehead atoms. The molecule has 0 unspecified atom stereocenters. The molecule has 0 spiro atoms. The van der Waals surface area contributed by atoms with Gasteiger partial charge < -0.3 is 14.9 Å². The summed E-state index contributed by atoms with van der Waals surface area (Å²) in [5.41, 5.74) is 0. The number of hydrogen-bond donors (Lipinski definition) is 1. The Hall–Kier alpha value is -1.51. The summed E-state index contributed by atoms with van der Waals surface area (Å²) in [5.74, 6) is -1.13. The predicted octanol–water partition coefficient (Wildman–Crippen LogP) is 0.303. The van der Waals surface area contributed by atoms with E-state index >= 15 is 0 Å². The maximum absolute atomic E-state index is 12.2. The number of likely N-dealkylation sites (N-methyl/N-ethyl adjacent to an activating group) is 1. The second-order valence-electron chi connectivity index (χ2n) is 4.41. The minimum atomic E-state index is -4.24. The van der Waals surface area contributed by atoms with Gasteiger partial charge in [0, 0.05) is 33.2 Å². The maximum atomic E-state index is 12.2. The second kappa shape index (κ2) is 6.09. The van der Waals surface area contributed by atoms with Gasteiger partial charge in [-0.3, -0.25) is 9.69 Å². The predicted molar refractivity (Wildman–Crippen MR) is 59.7 cm³/mol. The van der Waals surface area contributed by atoms with Gasteiger partial charge in [0.05, 0.1) is 6.54 Å². The molecule has 0 radical (unpaired) electrons. The number of amides is 2. The largest absolute Gasteiger partial charge is 0.480 e. The summed E-state index contributed by atoms with van der Waals surface area (Å²) in [7, 11) is 1.35. The van der Waals surface area contributed by atoms with Gasteiger partial charge in [-0.25, -0.2) is 4.79 Å². The van der Waals surface area contributed by atoms with Gasteiger partial charge in [-0.2, -0.15) is 13.2 Å². The van der Waals surface area contributed by atoms with Gasteiger partial charge in [-0.05, 0) is 0 Å². The van der Waals surface area contributed by atoms with Crippen LogP contribution in [-0.4, -0.2) is 84.3 Å². The zero-order valence-corrected chi connectivity index (χ0v) is 10.5. The van der Waals surface area contributed by atoms with Crippen LogP contribution in [0.25, 0.3) is 0 Å². The second-order valence-corrected chi connectivity index (χ2v) is 4.41. The SMILES string of the molecule is CN(CC(=O)O)C(=O)N1CCN(CC(F)(F)F)CC1. The van der Waals surface area contributed by atoms with Gasteiger partial charge >= 0.3 is 18.2 Å². The van der Waals surface area contributed by atoms with Crippen LogP contribution in [0.1, 0.15) is 0 Å². The minimum absolute atomic E-state index is 0.131. The van der Waals surface area contributed by atoms with Crippen molar-refractivity contribution < 1.29 is 27.9 Å². The molecule has 1 rings (SSSR count). The van der Waals surface area contributed by atoms with E-state index in [1.165, 1.54) is 16.8 Å². The van der Waals surface area contributed by atoms with E-state index in [9.17, 15) is 22.8 Å². The van der Waals surface area contributed by atoms with E-state index < -0.39 is 31.3 Å². The summed E-state index contributed by atoms with van der Waals surface area (Å²) >= 11 is 0. The van der Waals surface area contributed by atoms with E-state index in [4.69, 9.17) is 5.11 Å². The number of urea groups is 1. The molecule has 1 N–H and O–H groups in total. The van der Waals surface area contributed by atoms with Crippen LogP contribution in [0.15, 0.2) is 0 Å². The summed E-state index contributed by atoms with van der Waals surface area (Å²) in [5, 5.41) is 8.56.